The lowest BCUT2D eigenvalue weighted by Crippen LogP contribution is -2.25. The van der Waals surface area contributed by atoms with Crippen LogP contribution < -0.4 is 10.5 Å². The number of nitrogens with one attached hydrogen (secondary N) is 1. The minimum Gasteiger partial charge on any atom is -0.310 e. The van der Waals surface area contributed by atoms with Crippen molar-refractivity contribution < 1.29 is 8.42 Å². The van der Waals surface area contributed by atoms with Crippen molar-refractivity contribution in [1.29, 1.82) is 0 Å². The van der Waals surface area contributed by atoms with Crippen LogP contribution in [0.15, 0.2) is 29.2 Å². The summed E-state index contributed by atoms with van der Waals surface area (Å²) in [6.45, 7) is 3.03. The van der Waals surface area contributed by atoms with Crippen LogP contribution in [0.5, 0.6) is 0 Å². The lowest BCUT2D eigenvalue weighted by atomic mass is 10.1. The second-order valence-electron chi connectivity index (χ2n) is 5.35. The molecular weight excluding hydrogens is 260 g/mol. The average molecular weight is 282 g/mol. The Morgan fingerprint density at radius 3 is 2.47 bits per heavy atom. The van der Waals surface area contributed by atoms with Gasteiger partial charge in [0, 0.05) is 12.6 Å². The molecule has 0 aromatic heterocycles. The van der Waals surface area contributed by atoms with E-state index in [2.05, 4.69) is 12.2 Å². The summed E-state index contributed by atoms with van der Waals surface area (Å²) in [6.07, 6.45) is 5.08. The van der Waals surface area contributed by atoms with Crippen molar-refractivity contribution in [3.8, 4) is 0 Å². The van der Waals surface area contributed by atoms with Crippen LogP contribution in [0.25, 0.3) is 0 Å². The van der Waals surface area contributed by atoms with E-state index in [0.29, 0.717) is 6.04 Å². The monoisotopic (exact) mass is 282 g/mol. The lowest BCUT2D eigenvalue weighted by molar-refractivity contribution is 0.476. The number of primary sulfonamides is 1. The van der Waals surface area contributed by atoms with Gasteiger partial charge in [0.05, 0.1) is 4.90 Å². The van der Waals surface area contributed by atoms with Crippen molar-refractivity contribution in [2.24, 2.45) is 11.1 Å². The highest BCUT2D eigenvalue weighted by Crippen LogP contribution is 2.28. The molecule has 0 heterocycles. The van der Waals surface area contributed by atoms with Crippen molar-refractivity contribution in [3.63, 3.8) is 0 Å². The van der Waals surface area contributed by atoms with Gasteiger partial charge in [-0.05, 0) is 42.9 Å². The Balaban J connectivity index is 1.87. The second kappa shape index (κ2) is 6.03. The molecule has 0 bridgehead atoms. The van der Waals surface area contributed by atoms with E-state index in [1.165, 1.54) is 25.7 Å². The molecule has 0 saturated heterocycles. The van der Waals surface area contributed by atoms with Crippen molar-refractivity contribution >= 4 is 10.0 Å². The molecule has 3 N–H and O–H groups in total. The van der Waals surface area contributed by atoms with E-state index in [0.717, 1.165) is 18.0 Å². The second-order valence-corrected chi connectivity index (χ2v) is 6.92. The molecule has 0 spiro atoms. The molecule has 5 heteroatoms. The third kappa shape index (κ3) is 4.03. The molecule has 1 aromatic rings. The van der Waals surface area contributed by atoms with Gasteiger partial charge in [-0.3, -0.25) is 0 Å². The van der Waals surface area contributed by atoms with E-state index < -0.39 is 10.0 Å². The van der Waals surface area contributed by atoms with Crippen LogP contribution in [-0.2, 0) is 16.6 Å². The summed E-state index contributed by atoms with van der Waals surface area (Å²) in [5.41, 5.74) is 1.09. The lowest BCUT2D eigenvalue weighted by Gasteiger charge is -2.13. The van der Waals surface area contributed by atoms with Crippen LogP contribution in [0.3, 0.4) is 0 Å². The van der Waals surface area contributed by atoms with E-state index in [1.807, 2.05) is 12.1 Å². The van der Waals surface area contributed by atoms with Crippen LogP contribution in [0.2, 0.25) is 0 Å². The van der Waals surface area contributed by atoms with Gasteiger partial charge in [0.2, 0.25) is 10.0 Å². The van der Waals surface area contributed by atoms with Gasteiger partial charge in [-0.25, -0.2) is 13.6 Å². The first-order valence-electron chi connectivity index (χ1n) is 6.84. The van der Waals surface area contributed by atoms with Gasteiger partial charge >= 0.3 is 0 Å². The summed E-state index contributed by atoms with van der Waals surface area (Å²) in [6, 6.07) is 7.37. The fourth-order valence-corrected chi connectivity index (χ4v) is 3.21. The number of nitrogens with two attached hydrogens (primary N) is 1. The maximum atomic E-state index is 11.1. The van der Waals surface area contributed by atoms with Crippen molar-refractivity contribution in [3.05, 3.63) is 29.8 Å². The van der Waals surface area contributed by atoms with Gasteiger partial charge in [-0.15, -0.1) is 0 Å². The van der Waals surface area contributed by atoms with Gasteiger partial charge in [0.15, 0.2) is 0 Å². The number of rotatable bonds is 5. The molecule has 2 rings (SSSR count). The van der Waals surface area contributed by atoms with Gasteiger partial charge in [0.25, 0.3) is 0 Å². The van der Waals surface area contributed by atoms with Crippen LogP contribution in [0.1, 0.15) is 38.2 Å². The summed E-state index contributed by atoms with van der Waals surface area (Å²) in [4.78, 5) is 0.170. The Kier molecular flexibility index (Phi) is 4.60. The van der Waals surface area contributed by atoms with Crippen LogP contribution in [0.4, 0.5) is 0 Å². The number of hydrogen-bond donors (Lipinski definition) is 2. The first kappa shape index (κ1) is 14.5. The fraction of sp³-hybridized carbons (Fsp3) is 0.571. The Morgan fingerprint density at radius 2 is 1.95 bits per heavy atom. The predicted octanol–water partition coefficient (Wildman–Crippen LogP) is 2.00. The Labute approximate surface area is 115 Å². The number of benzene rings is 1. The maximum absolute atomic E-state index is 11.1. The van der Waals surface area contributed by atoms with E-state index in [4.69, 9.17) is 5.14 Å². The fourth-order valence-electron chi connectivity index (χ4n) is 2.69. The Hall–Kier alpha value is -0.910. The molecule has 1 aliphatic rings. The zero-order valence-corrected chi connectivity index (χ0v) is 12.1. The molecule has 2 atom stereocenters. The van der Waals surface area contributed by atoms with Crippen molar-refractivity contribution in [2.45, 2.75) is 50.1 Å². The average Bonchev–Trinajstić information content (AvgIpc) is 2.84. The zero-order valence-electron chi connectivity index (χ0n) is 11.3. The summed E-state index contributed by atoms with van der Waals surface area (Å²) in [5.74, 6) is 0.863. The topological polar surface area (TPSA) is 72.2 Å². The normalized spacial score (nSPS) is 23.7. The Bertz CT molecular complexity index is 511. The largest absolute Gasteiger partial charge is 0.310 e. The van der Waals surface area contributed by atoms with Crippen molar-refractivity contribution in [2.75, 3.05) is 0 Å². The van der Waals surface area contributed by atoms with E-state index in [9.17, 15) is 8.42 Å². The molecule has 4 nitrogen and oxygen atoms in total. The number of hydrogen-bond acceptors (Lipinski definition) is 3. The molecule has 0 aliphatic heterocycles. The van der Waals surface area contributed by atoms with E-state index in [-0.39, 0.29) is 4.90 Å². The van der Waals surface area contributed by atoms with Crippen LogP contribution in [0, 0.1) is 5.92 Å². The van der Waals surface area contributed by atoms with Crippen LogP contribution in [-0.4, -0.2) is 14.5 Å². The predicted molar refractivity (Wildman–Crippen MR) is 76.1 cm³/mol. The minimum atomic E-state index is -3.58. The molecule has 2 unspecified atom stereocenters. The van der Waals surface area contributed by atoms with E-state index in [1.54, 1.807) is 12.1 Å². The molecule has 1 aliphatic carbocycles. The summed E-state index contributed by atoms with van der Waals surface area (Å²) < 4.78 is 22.3. The molecule has 1 aromatic carbocycles. The smallest absolute Gasteiger partial charge is 0.238 e. The first-order valence-corrected chi connectivity index (χ1v) is 8.38. The standard InChI is InChI=1S/C14H22N2O2S/c1-2-11-3-6-13(9-11)16-10-12-4-7-14(8-5-12)19(15,17)18/h4-5,7-8,11,13,16H,2-3,6,9-10H2,1H3,(H2,15,17,18). The minimum absolute atomic E-state index is 0.170. The first-order chi connectivity index (χ1) is 8.99. The Morgan fingerprint density at radius 1 is 1.26 bits per heavy atom. The molecule has 106 valence electrons. The SMILES string of the molecule is CCC1CCC(NCc2ccc(S(N)(=O)=O)cc2)C1. The van der Waals surface area contributed by atoms with Gasteiger partial charge < -0.3 is 5.32 Å². The van der Waals surface area contributed by atoms with Gasteiger partial charge in [-0.2, -0.15) is 0 Å². The summed E-state index contributed by atoms with van der Waals surface area (Å²) in [7, 11) is -3.58. The molecule has 1 saturated carbocycles. The van der Waals surface area contributed by atoms with E-state index >= 15 is 0 Å². The molecule has 1 fully saturated rings. The quantitative estimate of drug-likeness (QED) is 0.867. The van der Waals surface area contributed by atoms with Crippen LogP contribution >= 0.6 is 0 Å². The third-order valence-corrected chi connectivity index (χ3v) is 4.89. The van der Waals surface area contributed by atoms with Gasteiger partial charge in [-0.1, -0.05) is 25.5 Å². The highest BCUT2D eigenvalue weighted by Gasteiger charge is 2.22. The van der Waals surface area contributed by atoms with Gasteiger partial charge in [0.1, 0.15) is 0 Å². The highest BCUT2D eigenvalue weighted by atomic mass is 32.2. The third-order valence-electron chi connectivity index (χ3n) is 3.97. The summed E-state index contributed by atoms with van der Waals surface area (Å²) in [5, 5.41) is 8.61. The molecule has 0 radical (unpaired) electrons. The summed E-state index contributed by atoms with van der Waals surface area (Å²) >= 11 is 0. The zero-order chi connectivity index (χ0) is 13.9. The molecule has 0 amide bonds. The number of sulfonamides is 1. The molecule has 19 heavy (non-hydrogen) atoms. The maximum Gasteiger partial charge on any atom is 0.238 e. The highest BCUT2D eigenvalue weighted by molar-refractivity contribution is 7.89. The molecular formula is C14H22N2O2S. The van der Waals surface area contributed by atoms with Crippen molar-refractivity contribution in [1.82, 2.24) is 5.32 Å².